The first-order chi connectivity index (χ1) is 13.0. The Kier molecular flexibility index (Phi) is 5.93. The van der Waals surface area contributed by atoms with Crippen molar-refractivity contribution >= 4 is 26.8 Å². The number of aryl methyl sites for hydroxylation is 1. The van der Waals surface area contributed by atoms with Crippen molar-refractivity contribution in [2.45, 2.75) is 25.1 Å². The average Bonchev–Trinajstić information content (AvgIpc) is 3.09. The fraction of sp³-hybridized carbons (Fsp3) is 0.250. The highest BCUT2D eigenvalue weighted by atomic mass is 32.2. The van der Waals surface area contributed by atoms with E-state index in [9.17, 15) is 13.2 Å². The zero-order chi connectivity index (χ0) is 19.3. The number of H-pyrrole nitrogens is 1. The van der Waals surface area contributed by atoms with E-state index in [4.69, 9.17) is 0 Å². The van der Waals surface area contributed by atoms with Crippen LogP contribution >= 0.6 is 0 Å². The van der Waals surface area contributed by atoms with Gasteiger partial charge >= 0.3 is 0 Å². The SMILES string of the molecule is CNS(=O)(=O)Cc1ccc(CNC(=O)CCc2c[nH]c3ccccc23)cc1. The van der Waals surface area contributed by atoms with Gasteiger partial charge in [-0.2, -0.15) is 0 Å². The third kappa shape index (κ3) is 5.18. The van der Waals surface area contributed by atoms with Crippen molar-refractivity contribution in [3.8, 4) is 0 Å². The van der Waals surface area contributed by atoms with Gasteiger partial charge in [-0.05, 0) is 36.2 Å². The summed E-state index contributed by atoms with van der Waals surface area (Å²) in [6.07, 6.45) is 3.05. The van der Waals surface area contributed by atoms with Crippen molar-refractivity contribution in [3.05, 3.63) is 71.4 Å². The van der Waals surface area contributed by atoms with Gasteiger partial charge in [0.15, 0.2) is 0 Å². The summed E-state index contributed by atoms with van der Waals surface area (Å²) in [6.45, 7) is 0.422. The third-order valence-corrected chi connectivity index (χ3v) is 5.81. The van der Waals surface area contributed by atoms with Crippen LogP contribution in [0.4, 0.5) is 0 Å². The standard InChI is InChI=1S/C20H23N3O3S/c1-21-27(25,26)14-16-8-6-15(7-9-16)12-23-20(24)11-10-17-13-22-19-5-3-2-4-18(17)19/h2-9,13,21-22H,10-12,14H2,1H3,(H,23,24). The second-order valence-corrected chi connectivity index (χ2v) is 8.34. The van der Waals surface area contributed by atoms with Gasteiger partial charge in [0, 0.05) is 30.1 Å². The molecule has 142 valence electrons. The minimum absolute atomic E-state index is 0.0119. The summed E-state index contributed by atoms with van der Waals surface area (Å²) >= 11 is 0. The topological polar surface area (TPSA) is 91.1 Å². The first kappa shape index (κ1) is 19.1. The Balaban J connectivity index is 1.49. The van der Waals surface area contributed by atoms with E-state index in [2.05, 4.69) is 21.1 Å². The summed E-state index contributed by atoms with van der Waals surface area (Å²) in [5.41, 5.74) is 3.85. The summed E-state index contributed by atoms with van der Waals surface area (Å²) in [5, 5.41) is 4.06. The van der Waals surface area contributed by atoms with E-state index in [0.717, 1.165) is 22.0 Å². The van der Waals surface area contributed by atoms with Crippen LogP contribution in [0.1, 0.15) is 23.1 Å². The van der Waals surface area contributed by atoms with Gasteiger partial charge in [-0.15, -0.1) is 0 Å². The number of carbonyl (C=O) groups is 1. The molecule has 2 aromatic carbocycles. The van der Waals surface area contributed by atoms with Gasteiger partial charge in [0.05, 0.1) is 5.75 Å². The largest absolute Gasteiger partial charge is 0.361 e. The molecule has 3 rings (SSSR count). The molecule has 0 radical (unpaired) electrons. The van der Waals surface area contributed by atoms with Crippen molar-refractivity contribution in [3.63, 3.8) is 0 Å². The molecule has 7 heteroatoms. The summed E-state index contributed by atoms with van der Waals surface area (Å²) in [6, 6.07) is 15.2. The third-order valence-electron chi connectivity index (χ3n) is 4.48. The molecule has 0 fully saturated rings. The minimum atomic E-state index is -3.28. The number of sulfonamides is 1. The van der Waals surface area contributed by atoms with Crippen LogP contribution in [0.15, 0.2) is 54.7 Å². The first-order valence-corrected chi connectivity index (χ1v) is 10.4. The molecular formula is C20H23N3O3S. The highest BCUT2D eigenvalue weighted by molar-refractivity contribution is 7.88. The van der Waals surface area contributed by atoms with E-state index in [1.807, 2.05) is 36.5 Å². The van der Waals surface area contributed by atoms with E-state index in [1.165, 1.54) is 7.05 Å². The van der Waals surface area contributed by atoms with Gasteiger partial charge in [-0.3, -0.25) is 4.79 Å². The molecule has 1 heterocycles. The Morgan fingerprint density at radius 1 is 1.04 bits per heavy atom. The van der Waals surface area contributed by atoms with E-state index in [1.54, 1.807) is 12.1 Å². The molecule has 0 aliphatic rings. The van der Waals surface area contributed by atoms with E-state index < -0.39 is 10.0 Å². The van der Waals surface area contributed by atoms with Crippen LogP contribution in [0.2, 0.25) is 0 Å². The summed E-state index contributed by atoms with van der Waals surface area (Å²) in [5.74, 6) is -0.0667. The highest BCUT2D eigenvalue weighted by Crippen LogP contribution is 2.18. The lowest BCUT2D eigenvalue weighted by Crippen LogP contribution is -2.23. The van der Waals surface area contributed by atoms with Crippen molar-refractivity contribution in [1.29, 1.82) is 0 Å². The van der Waals surface area contributed by atoms with E-state index in [-0.39, 0.29) is 11.7 Å². The minimum Gasteiger partial charge on any atom is -0.361 e. The molecule has 3 aromatic rings. The molecule has 0 saturated carbocycles. The fourth-order valence-corrected chi connectivity index (χ4v) is 3.70. The molecule has 3 N–H and O–H groups in total. The van der Waals surface area contributed by atoms with Crippen LogP contribution < -0.4 is 10.0 Å². The monoisotopic (exact) mass is 385 g/mol. The number of benzene rings is 2. The molecular weight excluding hydrogens is 362 g/mol. The molecule has 0 aliphatic heterocycles. The van der Waals surface area contributed by atoms with E-state index in [0.29, 0.717) is 24.9 Å². The number of amides is 1. The Hall–Kier alpha value is -2.64. The van der Waals surface area contributed by atoms with Crippen LogP contribution in [0, 0.1) is 0 Å². The van der Waals surface area contributed by atoms with Crippen molar-refractivity contribution < 1.29 is 13.2 Å². The van der Waals surface area contributed by atoms with Crippen molar-refractivity contribution in [2.24, 2.45) is 0 Å². The zero-order valence-electron chi connectivity index (χ0n) is 15.2. The lowest BCUT2D eigenvalue weighted by Gasteiger charge is -2.07. The number of para-hydroxylation sites is 1. The molecule has 6 nitrogen and oxygen atoms in total. The van der Waals surface area contributed by atoms with Gasteiger partial charge < -0.3 is 10.3 Å². The quantitative estimate of drug-likeness (QED) is 0.556. The molecule has 0 saturated heterocycles. The predicted octanol–water partition coefficient (Wildman–Crippen LogP) is 2.47. The Morgan fingerprint density at radius 2 is 1.74 bits per heavy atom. The van der Waals surface area contributed by atoms with Crippen molar-refractivity contribution in [1.82, 2.24) is 15.0 Å². The van der Waals surface area contributed by atoms with Gasteiger partial charge in [-0.25, -0.2) is 13.1 Å². The molecule has 0 unspecified atom stereocenters. The average molecular weight is 385 g/mol. The molecule has 0 bridgehead atoms. The number of hydrogen-bond donors (Lipinski definition) is 3. The highest BCUT2D eigenvalue weighted by Gasteiger charge is 2.09. The van der Waals surface area contributed by atoms with Gasteiger partial charge in [0.25, 0.3) is 0 Å². The van der Waals surface area contributed by atoms with E-state index >= 15 is 0 Å². The molecule has 0 spiro atoms. The molecule has 0 atom stereocenters. The van der Waals surface area contributed by atoms with Crippen LogP contribution in [-0.4, -0.2) is 26.4 Å². The van der Waals surface area contributed by atoms with Crippen LogP contribution in [-0.2, 0) is 33.5 Å². The van der Waals surface area contributed by atoms with Crippen LogP contribution in [0.25, 0.3) is 10.9 Å². The summed E-state index contributed by atoms with van der Waals surface area (Å²) in [4.78, 5) is 15.3. The smallest absolute Gasteiger partial charge is 0.220 e. The number of hydrogen-bond acceptors (Lipinski definition) is 3. The molecule has 1 aromatic heterocycles. The predicted molar refractivity (Wildman–Crippen MR) is 107 cm³/mol. The van der Waals surface area contributed by atoms with Crippen LogP contribution in [0.5, 0.6) is 0 Å². The number of rotatable bonds is 8. The first-order valence-electron chi connectivity index (χ1n) is 8.77. The van der Waals surface area contributed by atoms with Gasteiger partial charge in [0.2, 0.25) is 15.9 Å². The fourth-order valence-electron chi connectivity index (χ4n) is 2.92. The number of aromatic nitrogens is 1. The second-order valence-electron chi connectivity index (χ2n) is 6.42. The van der Waals surface area contributed by atoms with Gasteiger partial charge in [-0.1, -0.05) is 42.5 Å². The Labute approximate surface area is 159 Å². The second kappa shape index (κ2) is 8.37. The number of fused-ring (bicyclic) bond motifs is 1. The maximum absolute atomic E-state index is 12.1. The summed E-state index contributed by atoms with van der Waals surface area (Å²) < 4.78 is 25.4. The van der Waals surface area contributed by atoms with Crippen LogP contribution in [0.3, 0.4) is 0 Å². The molecule has 0 aliphatic carbocycles. The van der Waals surface area contributed by atoms with Crippen molar-refractivity contribution in [2.75, 3.05) is 7.05 Å². The Bertz CT molecular complexity index is 1020. The lowest BCUT2D eigenvalue weighted by atomic mass is 10.1. The summed E-state index contributed by atoms with van der Waals surface area (Å²) in [7, 11) is -1.88. The zero-order valence-corrected chi connectivity index (χ0v) is 16.0. The maximum atomic E-state index is 12.1. The van der Waals surface area contributed by atoms with Gasteiger partial charge in [0.1, 0.15) is 0 Å². The number of nitrogens with one attached hydrogen (secondary N) is 3. The Morgan fingerprint density at radius 3 is 2.48 bits per heavy atom. The lowest BCUT2D eigenvalue weighted by molar-refractivity contribution is -0.121. The number of aromatic amines is 1. The normalized spacial score (nSPS) is 11.6. The maximum Gasteiger partial charge on any atom is 0.220 e. The molecule has 27 heavy (non-hydrogen) atoms. The molecule has 1 amide bonds. The number of carbonyl (C=O) groups excluding carboxylic acids is 1.